The number of aromatic nitrogens is 1. The van der Waals surface area contributed by atoms with Crippen molar-refractivity contribution in [2.75, 3.05) is 0 Å². The topological polar surface area (TPSA) is 48.1 Å². The maximum atomic E-state index is 5.94. The van der Waals surface area contributed by atoms with Crippen LogP contribution in [0.3, 0.4) is 0 Å². The van der Waals surface area contributed by atoms with E-state index in [1.54, 1.807) is 0 Å². The minimum atomic E-state index is 0.421. The van der Waals surface area contributed by atoms with Gasteiger partial charge in [0.1, 0.15) is 5.75 Å². The lowest BCUT2D eigenvalue weighted by Gasteiger charge is -2.14. The van der Waals surface area contributed by atoms with E-state index >= 15 is 0 Å². The SMILES string of the molecule is Cc1cc(C)c(CN)c(Oc2ccc(Br)cc2C)n1. The fraction of sp³-hybridized carbons (Fsp3) is 0.267. The molecule has 0 saturated heterocycles. The van der Waals surface area contributed by atoms with Gasteiger partial charge in [-0.15, -0.1) is 0 Å². The number of pyridine rings is 1. The van der Waals surface area contributed by atoms with E-state index in [0.29, 0.717) is 12.4 Å². The molecule has 2 rings (SSSR count). The van der Waals surface area contributed by atoms with Crippen molar-refractivity contribution in [1.82, 2.24) is 4.98 Å². The zero-order valence-corrected chi connectivity index (χ0v) is 12.9. The fourth-order valence-electron chi connectivity index (χ4n) is 1.99. The lowest BCUT2D eigenvalue weighted by Crippen LogP contribution is -2.05. The summed E-state index contributed by atoms with van der Waals surface area (Å²) in [6.07, 6.45) is 0. The molecule has 2 aromatic rings. The van der Waals surface area contributed by atoms with Gasteiger partial charge in [-0.2, -0.15) is 0 Å². The summed E-state index contributed by atoms with van der Waals surface area (Å²) in [4.78, 5) is 4.45. The molecule has 0 radical (unpaired) electrons. The quantitative estimate of drug-likeness (QED) is 0.929. The number of hydrogen-bond donors (Lipinski definition) is 1. The molecule has 0 saturated carbocycles. The van der Waals surface area contributed by atoms with Gasteiger partial charge < -0.3 is 10.5 Å². The highest BCUT2D eigenvalue weighted by atomic mass is 79.9. The third-order valence-electron chi connectivity index (χ3n) is 2.99. The standard InChI is InChI=1S/C15H17BrN2O/c1-9-6-11(3)18-15(13(9)8-17)19-14-5-4-12(16)7-10(14)2/h4-7H,8,17H2,1-3H3. The van der Waals surface area contributed by atoms with E-state index in [4.69, 9.17) is 10.5 Å². The van der Waals surface area contributed by atoms with Crippen LogP contribution in [0.5, 0.6) is 11.6 Å². The number of ether oxygens (including phenoxy) is 1. The first-order valence-corrected chi connectivity index (χ1v) is 6.91. The first-order chi connectivity index (χ1) is 9.01. The second-order valence-corrected chi connectivity index (χ2v) is 5.50. The molecular weight excluding hydrogens is 304 g/mol. The largest absolute Gasteiger partial charge is 0.438 e. The molecule has 0 aliphatic rings. The minimum absolute atomic E-state index is 0.421. The molecule has 19 heavy (non-hydrogen) atoms. The molecule has 0 bridgehead atoms. The first kappa shape index (κ1) is 14.0. The molecule has 0 spiro atoms. The predicted molar refractivity (Wildman–Crippen MR) is 80.6 cm³/mol. The molecule has 0 aliphatic heterocycles. The van der Waals surface area contributed by atoms with Crippen molar-refractivity contribution in [3.63, 3.8) is 0 Å². The maximum Gasteiger partial charge on any atom is 0.224 e. The second-order valence-electron chi connectivity index (χ2n) is 4.58. The van der Waals surface area contributed by atoms with E-state index < -0.39 is 0 Å². The number of nitrogens with two attached hydrogens (primary N) is 1. The molecule has 1 aromatic carbocycles. The smallest absolute Gasteiger partial charge is 0.224 e. The van der Waals surface area contributed by atoms with Gasteiger partial charge in [0, 0.05) is 22.3 Å². The summed E-state index contributed by atoms with van der Waals surface area (Å²) in [5.74, 6) is 1.40. The van der Waals surface area contributed by atoms with Gasteiger partial charge in [-0.25, -0.2) is 4.98 Å². The zero-order chi connectivity index (χ0) is 14.0. The van der Waals surface area contributed by atoms with E-state index in [9.17, 15) is 0 Å². The van der Waals surface area contributed by atoms with Crippen LogP contribution in [-0.2, 0) is 6.54 Å². The fourth-order valence-corrected chi connectivity index (χ4v) is 2.47. The summed E-state index contributed by atoms with van der Waals surface area (Å²) in [6, 6.07) is 7.91. The monoisotopic (exact) mass is 320 g/mol. The number of hydrogen-bond acceptors (Lipinski definition) is 3. The lowest BCUT2D eigenvalue weighted by molar-refractivity contribution is 0.451. The van der Waals surface area contributed by atoms with E-state index in [-0.39, 0.29) is 0 Å². The van der Waals surface area contributed by atoms with Crippen LogP contribution in [0.1, 0.15) is 22.4 Å². The van der Waals surface area contributed by atoms with E-state index in [1.165, 1.54) is 0 Å². The first-order valence-electron chi connectivity index (χ1n) is 6.12. The highest BCUT2D eigenvalue weighted by Crippen LogP contribution is 2.29. The highest BCUT2D eigenvalue weighted by molar-refractivity contribution is 9.10. The normalized spacial score (nSPS) is 10.6. The van der Waals surface area contributed by atoms with Crippen molar-refractivity contribution in [1.29, 1.82) is 0 Å². The van der Waals surface area contributed by atoms with E-state index in [1.807, 2.05) is 45.0 Å². The van der Waals surface area contributed by atoms with Crippen LogP contribution in [-0.4, -0.2) is 4.98 Å². The number of rotatable bonds is 3. The van der Waals surface area contributed by atoms with Gasteiger partial charge in [0.2, 0.25) is 5.88 Å². The average molecular weight is 321 g/mol. The van der Waals surface area contributed by atoms with Gasteiger partial charge in [0.15, 0.2) is 0 Å². The molecule has 0 atom stereocenters. The Morgan fingerprint density at radius 2 is 1.89 bits per heavy atom. The van der Waals surface area contributed by atoms with Crippen LogP contribution in [0.25, 0.3) is 0 Å². The molecule has 1 aromatic heterocycles. The molecule has 0 unspecified atom stereocenters. The number of nitrogens with zero attached hydrogens (tertiary/aromatic N) is 1. The lowest BCUT2D eigenvalue weighted by atomic mass is 10.1. The minimum Gasteiger partial charge on any atom is -0.438 e. The molecule has 0 fully saturated rings. The Bertz CT molecular complexity index is 611. The molecule has 2 N–H and O–H groups in total. The number of halogens is 1. The Balaban J connectivity index is 2.42. The molecule has 100 valence electrons. The maximum absolute atomic E-state index is 5.94. The van der Waals surface area contributed by atoms with Crippen LogP contribution >= 0.6 is 15.9 Å². The van der Waals surface area contributed by atoms with Crippen LogP contribution in [0.2, 0.25) is 0 Å². The number of benzene rings is 1. The van der Waals surface area contributed by atoms with Crippen LogP contribution in [0, 0.1) is 20.8 Å². The summed E-state index contributed by atoms with van der Waals surface area (Å²) in [6.45, 7) is 6.40. The molecule has 0 aliphatic carbocycles. The second kappa shape index (κ2) is 5.72. The Morgan fingerprint density at radius 1 is 1.16 bits per heavy atom. The van der Waals surface area contributed by atoms with Crippen molar-refractivity contribution in [3.8, 4) is 11.6 Å². The Hall–Kier alpha value is -1.39. The summed E-state index contributed by atoms with van der Waals surface area (Å²) in [5.41, 5.74) is 9.84. The van der Waals surface area contributed by atoms with Crippen LogP contribution in [0.15, 0.2) is 28.7 Å². The van der Waals surface area contributed by atoms with Gasteiger partial charge in [0.25, 0.3) is 0 Å². The third-order valence-corrected chi connectivity index (χ3v) is 3.48. The number of aryl methyl sites for hydroxylation is 3. The van der Waals surface area contributed by atoms with Crippen LogP contribution < -0.4 is 10.5 Å². The van der Waals surface area contributed by atoms with Crippen molar-refractivity contribution in [2.45, 2.75) is 27.3 Å². The summed E-state index contributed by atoms with van der Waals surface area (Å²) in [5, 5.41) is 0. The predicted octanol–water partition coefficient (Wildman–Crippen LogP) is 4.02. The Labute approximate surface area is 121 Å². The zero-order valence-electron chi connectivity index (χ0n) is 11.3. The van der Waals surface area contributed by atoms with Gasteiger partial charge in [-0.1, -0.05) is 15.9 Å². The molecular formula is C15H17BrN2O. The Morgan fingerprint density at radius 3 is 2.53 bits per heavy atom. The molecule has 3 nitrogen and oxygen atoms in total. The van der Waals surface area contributed by atoms with Crippen LogP contribution in [0.4, 0.5) is 0 Å². The van der Waals surface area contributed by atoms with Crippen molar-refractivity contribution >= 4 is 15.9 Å². The Kier molecular flexibility index (Phi) is 4.22. The van der Waals surface area contributed by atoms with E-state index in [0.717, 1.165) is 32.6 Å². The highest BCUT2D eigenvalue weighted by Gasteiger charge is 2.11. The van der Waals surface area contributed by atoms with Gasteiger partial charge in [-0.3, -0.25) is 0 Å². The molecule has 4 heteroatoms. The molecule has 0 amide bonds. The van der Waals surface area contributed by atoms with Gasteiger partial charge >= 0.3 is 0 Å². The van der Waals surface area contributed by atoms with Crippen molar-refractivity contribution in [3.05, 3.63) is 51.1 Å². The van der Waals surface area contributed by atoms with Gasteiger partial charge in [-0.05, 0) is 56.2 Å². The van der Waals surface area contributed by atoms with Crippen molar-refractivity contribution < 1.29 is 4.74 Å². The summed E-state index contributed by atoms with van der Waals surface area (Å²) >= 11 is 3.44. The molecule has 1 heterocycles. The summed E-state index contributed by atoms with van der Waals surface area (Å²) < 4.78 is 6.97. The third kappa shape index (κ3) is 3.14. The average Bonchev–Trinajstić information content (AvgIpc) is 2.32. The summed E-state index contributed by atoms with van der Waals surface area (Å²) in [7, 11) is 0. The van der Waals surface area contributed by atoms with E-state index in [2.05, 4.69) is 20.9 Å². The van der Waals surface area contributed by atoms with Gasteiger partial charge in [0.05, 0.1) is 0 Å². The van der Waals surface area contributed by atoms with Crippen molar-refractivity contribution in [2.24, 2.45) is 5.73 Å².